The van der Waals surface area contributed by atoms with Crippen molar-refractivity contribution in [1.29, 1.82) is 0 Å². The molecule has 128 valence electrons. The number of carbonyl (C=O) groups excluding carboxylic acids is 1. The summed E-state index contributed by atoms with van der Waals surface area (Å²) in [5, 5.41) is 4.16. The molecule has 1 heterocycles. The van der Waals surface area contributed by atoms with Gasteiger partial charge in [-0.05, 0) is 53.5 Å². The predicted octanol–water partition coefficient (Wildman–Crippen LogP) is 4.11. The average molecular weight is 393 g/mol. The summed E-state index contributed by atoms with van der Waals surface area (Å²) >= 11 is 3.37. The van der Waals surface area contributed by atoms with E-state index in [1.165, 1.54) is 0 Å². The lowest BCUT2D eigenvalue weighted by Crippen LogP contribution is -2.07. The lowest BCUT2D eigenvalue weighted by atomic mass is 10.1. The maximum Gasteiger partial charge on any atom is 0.205 e. The number of carbonyl (C=O) groups is 1. The Labute approximate surface area is 150 Å². The molecule has 24 heavy (non-hydrogen) atoms. The zero-order valence-electron chi connectivity index (χ0n) is 14.1. The van der Waals surface area contributed by atoms with Crippen LogP contribution in [0.5, 0.6) is 5.75 Å². The van der Waals surface area contributed by atoms with Crippen molar-refractivity contribution in [2.24, 2.45) is 0 Å². The summed E-state index contributed by atoms with van der Waals surface area (Å²) < 4.78 is 13.2. The molecule has 0 amide bonds. The molecule has 0 saturated heterocycles. The van der Waals surface area contributed by atoms with Gasteiger partial charge in [-0.15, -0.1) is 0 Å². The van der Waals surface area contributed by atoms with E-state index in [1.807, 2.05) is 32.0 Å². The van der Waals surface area contributed by atoms with Gasteiger partial charge in [0.2, 0.25) is 5.78 Å². The number of hydrogen-bond acceptors (Lipinski definition) is 4. The second-order valence-electron chi connectivity index (χ2n) is 5.06. The molecule has 0 spiro atoms. The number of benzene rings is 1. The van der Waals surface area contributed by atoms with E-state index < -0.39 is 0 Å². The maximum atomic E-state index is 12.4. The number of hydrogen-bond donors (Lipinski definition) is 0. The van der Waals surface area contributed by atoms with Crippen molar-refractivity contribution in [3.8, 4) is 5.75 Å². The number of aryl methyl sites for hydroxylation is 1. The summed E-state index contributed by atoms with van der Waals surface area (Å²) in [6.07, 6.45) is 4.98. The molecule has 0 aliphatic heterocycles. The maximum absolute atomic E-state index is 12.4. The van der Waals surface area contributed by atoms with Crippen LogP contribution >= 0.6 is 15.9 Å². The molecule has 6 heteroatoms. The Kier molecular flexibility index (Phi) is 6.75. The smallest absolute Gasteiger partial charge is 0.205 e. The molecule has 1 aromatic heterocycles. The van der Waals surface area contributed by atoms with E-state index in [1.54, 1.807) is 30.1 Å². The molecular formula is C18H21BrN2O3. The summed E-state index contributed by atoms with van der Waals surface area (Å²) in [5.41, 5.74) is 2.42. The fraction of sp³-hybridized carbons (Fsp3) is 0.333. The first-order valence-electron chi connectivity index (χ1n) is 7.79. The van der Waals surface area contributed by atoms with Crippen molar-refractivity contribution < 1.29 is 14.3 Å². The zero-order chi connectivity index (χ0) is 17.5. The number of ketones is 1. The highest BCUT2D eigenvalue weighted by Crippen LogP contribution is 2.22. The first-order chi connectivity index (χ1) is 11.6. The topological polar surface area (TPSA) is 53.3 Å². The fourth-order valence-electron chi connectivity index (χ4n) is 2.33. The Morgan fingerprint density at radius 1 is 1.38 bits per heavy atom. The summed E-state index contributed by atoms with van der Waals surface area (Å²) in [6, 6.07) is 5.75. The molecule has 0 N–H and O–H groups in total. The van der Waals surface area contributed by atoms with Crippen LogP contribution in [0.3, 0.4) is 0 Å². The molecule has 0 bridgehead atoms. The molecule has 0 aliphatic carbocycles. The fourth-order valence-corrected chi connectivity index (χ4v) is 2.82. The second kappa shape index (κ2) is 8.80. The van der Waals surface area contributed by atoms with Crippen LogP contribution in [0.2, 0.25) is 0 Å². The molecule has 0 radical (unpaired) electrons. The van der Waals surface area contributed by atoms with Crippen LogP contribution in [-0.4, -0.2) is 29.3 Å². The van der Waals surface area contributed by atoms with Crippen molar-refractivity contribution in [1.82, 2.24) is 9.78 Å². The Hall–Kier alpha value is -1.92. The molecule has 0 atom stereocenters. The van der Waals surface area contributed by atoms with Gasteiger partial charge in [0.25, 0.3) is 0 Å². The molecular weight excluding hydrogens is 372 g/mol. The summed E-state index contributed by atoms with van der Waals surface area (Å²) in [4.78, 5) is 12.4. The first-order valence-corrected chi connectivity index (χ1v) is 8.58. The van der Waals surface area contributed by atoms with E-state index in [9.17, 15) is 4.79 Å². The monoisotopic (exact) mass is 392 g/mol. The van der Waals surface area contributed by atoms with Crippen molar-refractivity contribution in [2.45, 2.75) is 27.0 Å². The average Bonchev–Trinajstić information content (AvgIpc) is 2.98. The van der Waals surface area contributed by atoms with Crippen LogP contribution in [0.25, 0.3) is 6.08 Å². The van der Waals surface area contributed by atoms with E-state index in [-0.39, 0.29) is 5.78 Å². The lowest BCUT2D eigenvalue weighted by Gasteiger charge is -2.09. The Morgan fingerprint density at radius 2 is 2.17 bits per heavy atom. The van der Waals surface area contributed by atoms with Crippen LogP contribution in [0.15, 0.2) is 34.9 Å². The van der Waals surface area contributed by atoms with Gasteiger partial charge in [-0.3, -0.25) is 9.48 Å². The minimum absolute atomic E-state index is 0.0941. The third kappa shape index (κ3) is 4.33. The summed E-state index contributed by atoms with van der Waals surface area (Å²) in [5.74, 6) is 0.683. The van der Waals surface area contributed by atoms with E-state index in [0.717, 1.165) is 16.9 Å². The Bertz CT molecular complexity index is 738. The highest BCUT2D eigenvalue weighted by Gasteiger charge is 2.13. The molecule has 0 unspecified atom stereocenters. The number of allylic oxidation sites excluding steroid dienone is 1. The van der Waals surface area contributed by atoms with Crippen LogP contribution < -0.4 is 4.74 Å². The van der Waals surface area contributed by atoms with Crippen LogP contribution in [-0.2, 0) is 17.9 Å². The summed E-state index contributed by atoms with van der Waals surface area (Å²) in [6.45, 7) is 5.65. The van der Waals surface area contributed by atoms with Gasteiger partial charge < -0.3 is 9.47 Å². The SMILES string of the molecule is CCOCc1cc(/C=C/C(=O)c2c(Br)cnn2CC)ccc1OC. The quantitative estimate of drug-likeness (QED) is 0.501. The van der Waals surface area contributed by atoms with Crippen molar-refractivity contribution in [3.63, 3.8) is 0 Å². The van der Waals surface area contributed by atoms with Crippen LogP contribution in [0.1, 0.15) is 35.5 Å². The number of halogens is 1. The number of methoxy groups -OCH3 is 1. The van der Waals surface area contributed by atoms with Crippen molar-refractivity contribution >= 4 is 27.8 Å². The molecule has 2 aromatic rings. The van der Waals surface area contributed by atoms with Gasteiger partial charge in [0, 0.05) is 18.7 Å². The van der Waals surface area contributed by atoms with Gasteiger partial charge in [0.1, 0.15) is 11.4 Å². The van der Waals surface area contributed by atoms with Gasteiger partial charge in [0.05, 0.1) is 24.4 Å². The van der Waals surface area contributed by atoms with E-state index in [4.69, 9.17) is 9.47 Å². The third-order valence-electron chi connectivity index (χ3n) is 3.52. The van der Waals surface area contributed by atoms with Crippen molar-refractivity contribution in [3.05, 3.63) is 51.8 Å². The first kappa shape index (κ1) is 18.4. The Balaban J connectivity index is 2.22. The molecule has 0 saturated carbocycles. The summed E-state index contributed by atoms with van der Waals surface area (Å²) in [7, 11) is 1.63. The van der Waals surface area contributed by atoms with Crippen LogP contribution in [0.4, 0.5) is 0 Å². The second-order valence-corrected chi connectivity index (χ2v) is 5.92. The number of aromatic nitrogens is 2. The molecule has 5 nitrogen and oxygen atoms in total. The normalized spacial score (nSPS) is 11.2. The minimum Gasteiger partial charge on any atom is -0.496 e. The van der Waals surface area contributed by atoms with E-state index in [2.05, 4.69) is 21.0 Å². The minimum atomic E-state index is -0.0941. The Morgan fingerprint density at radius 3 is 2.83 bits per heavy atom. The highest BCUT2D eigenvalue weighted by atomic mass is 79.9. The zero-order valence-corrected chi connectivity index (χ0v) is 15.7. The van der Waals surface area contributed by atoms with Gasteiger partial charge in [-0.2, -0.15) is 5.10 Å². The lowest BCUT2D eigenvalue weighted by molar-refractivity contribution is 0.103. The number of rotatable bonds is 8. The van der Waals surface area contributed by atoms with Gasteiger partial charge in [-0.25, -0.2) is 0 Å². The molecule has 0 aliphatic rings. The van der Waals surface area contributed by atoms with Gasteiger partial charge in [0.15, 0.2) is 0 Å². The van der Waals surface area contributed by atoms with Gasteiger partial charge in [-0.1, -0.05) is 12.1 Å². The van der Waals surface area contributed by atoms with E-state index >= 15 is 0 Å². The molecule has 1 aromatic carbocycles. The third-order valence-corrected chi connectivity index (χ3v) is 4.10. The molecule has 0 fully saturated rings. The van der Waals surface area contributed by atoms with Gasteiger partial charge >= 0.3 is 0 Å². The van der Waals surface area contributed by atoms with Crippen molar-refractivity contribution in [2.75, 3.05) is 13.7 Å². The predicted molar refractivity (Wildman–Crippen MR) is 97.3 cm³/mol. The largest absolute Gasteiger partial charge is 0.496 e. The number of ether oxygens (including phenoxy) is 2. The molecule has 2 rings (SSSR count). The number of nitrogens with zero attached hydrogens (tertiary/aromatic N) is 2. The highest BCUT2D eigenvalue weighted by molar-refractivity contribution is 9.10. The van der Waals surface area contributed by atoms with Crippen LogP contribution in [0, 0.1) is 0 Å². The standard InChI is InChI=1S/C18H21BrN2O3/c1-4-21-18(15(19)11-20-21)16(22)8-6-13-7-9-17(23-3)14(10-13)12-24-5-2/h6-11H,4-5,12H2,1-3H3/b8-6+. The van der Waals surface area contributed by atoms with E-state index in [0.29, 0.717) is 29.9 Å².